The number of likely N-dealkylation sites (tertiary alicyclic amines) is 1. The first kappa shape index (κ1) is 22.6. The lowest BCUT2D eigenvalue weighted by molar-refractivity contribution is -0.141. The summed E-state index contributed by atoms with van der Waals surface area (Å²) < 4.78 is 32.7. The molecule has 0 spiro atoms. The minimum Gasteiger partial charge on any atom is -0.497 e. The van der Waals surface area contributed by atoms with Gasteiger partial charge in [0.25, 0.3) is 0 Å². The van der Waals surface area contributed by atoms with Crippen molar-refractivity contribution in [2.75, 3.05) is 39.8 Å². The highest BCUT2D eigenvalue weighted by Crippen LogP contribution is 2.35. The van der Waals surface area contributed by atoms with Crippen LogP contribution in [0.3, 0.4) is 0 Å². The topological polar surface area (TPSA) is 70.2 Å². The summed E-state index contributed by atoms with van der Waals surface area (Å²) in [4.78, 5) is 18.4. The van der Waals surface area contributed by atoms with E-state index in [1.165, 1.54) is 4.31 Å². The molecule has 3 fully saturated rings. The number of nitrogens with zero attached hydrogens (tertiary/aromatic N) is 3. The number of hydrogen-bond acceptors (Lipinski definition) is 5. The van der Waals surface area contributed by atoms with Crippen molar-refractivity contribution < 1.29 is 17.9 Å². The van der Waals surface area contributed by atoms with Gasteiger partial charge in [-0.3, -0.25) is 4.79 Å². The Hall–Kier alpha value is -1.64. The second-order valence-corrected chi connectivity index (χ2v) is 10.9. The standard InChI is InChI=1S/C23H35N3O4S/c1-3-24-14-12-20(13-15-24)26(19-4-5-19)23(27)18-10-16-25(17-11-18)31(28,29)22-8-6-21(30-2)7-9-22/h6-9,18-20H,3-5,10-17H2,1-2H3. The highest BCUT2D eigenvalue weighted by atomic mass is 32.2. The van der Waals surface area contributed by atoms with Crippen LogP contribution in [0.1, 0.15) is 45.4 Å². The van der Waals surface area contributed by atoms with Crippen LogP contribution in [0.25, 0.3) is 0 Å². The van der Waals surface area contributed by atoms with Gasteiger partial charge in [0.15, 0.2) is 0 Å². The average Bonchev–Trinajstić information content (AvgIpc) is 3.65. The van der Waals surface area contributed by atoms with Crippen LogP contribution in [-0.2, 0) is 14.8 Å². The van der Waals surface area contributed by atoms with Crippen molar-refractivity contribution in [3.63, 3.8) is 0 Å². The lowest BCUT2D eigenvalue weighted by Crippen LogP contribution is -2.51. The summed E-state index contributed by atoms with van der Waals surface area (Å²) in [5.41, 5.74) is 0. The van der Waals surface area contributed by atoms with Crippen LogP contribution >= 0.6 is 0 Å². The van der Waals surface area contributed by atoms with E-state index in [1.54, 1.807) is 31.4 Å². The van der Waals surface area contributed by atoms with E-state index in [0.717, 1.165) is 45.3 Å². The molecule has 2 heterocycles. The fourth-order valence-electron chi connectivity index (χ4n) is 4.98. The van der Waals surface area contributed by atoms with E-state index >= 15 is 0 Å². The average molecular weight is 450 g/mol. The Bertz CT molecular complexity index is 853. The molecular formula is C23H35N3O4S. The van der Waals surface area contributed by atoms with E-state index in [4.69, 9.17) is 4.74 Å². The Labute approximate surface area is 186 Å². The van der Waals surface area contributed by atoms with Crippen LogP contribution in [0.2, 0.25) is 0 Å². The van der Waals surface area contributed by atoms with Gasteiger partial charge >= 0.3 is 0 Å². The summed E-state index contributed by atoms with van der Waals surface area (Å²) in [6.45, 7) is 6.20. The number of carbonyl (C=O) groups excluding carboxylic acids is 1. The molecule has 1 amide bonds. The van der Waals surface area contributed by atoms with Gasteiger partial charge in [0.05, 0.1) is 12.0 Å². The molecule has 1 aromatic carbocycles. The van der Waals surface area contributed by atoms with Crippen molar-refractivity contribution in [3.05, 3.63) is 24.3 Å². The Balaban J connectivity index is 1.37. The van der Waals surface area contributed by atoms with Gasteiger partial charge in [0.1, 0.15) is 5.75 Å². The first-order valence-corrected chi connectivity index (χ1v) is 13.1. The highest BCUT2D eigenvalue weighted by Gasteiger charge is 2.42. The fraction of sp³-hybridized carbons (Fsp3) is 0.696. The van der Waals surface area contributed by atoms with Crippen LogP contribution in [0.4, 0.5) is 0 Å². The Morgan fingerprint density at radius 2 is 1.55 bits per heavy atom. The third-order valence-electron chi connectivity index (χ3n) is 7.09. The molecule has 0 unspecified atom stereocenters. The van der Waals surface area contributed by atoms with Crippen molar-refractivity contribution >= 4 is 15.9 Å². The minimum atomic E-state index is -3.54. The Kier molecular flexibility index (Phi) is 6.89. The van der Waals surface area contributed by atoms with Gasteiger partial charge in [-0.1, -0.05) is 6.92 Å². The van der Waals surface area contributed by atoms with Gasteiger partial charge < -0.3 is 14.5 Å². The van der Waals surface area contributed by atoms with E-state index in [-0.39, 0.29) is 16.7 Å². The Morgan fingerprint density at radius 1 is 0.968 bits per heavy atom. The van der Waals surface area contributed by atoms with Crippen LogP contribution < -0.4 is 4.74 Å². The largest absolute Gasteiger partial charge is 0.497 e. The number of amides is 1. The maximum atomic E-state index is 13.5. The number of carbonyl (C=O) groups is 1. The van der Waals surface area contributed by atoms with E-state index < -0.39 is 10.0 Å². The molecule has 31 heavy (non-hydrogen) atoms. The summed E-state index contributed by atoms with van der Waals surface area (Å²) in [6.07, 6.45) is 5.55. The van der Waals surface area contributed by atoms with Crippen LogP contribution in [-0.4, -0.2) is 80.3 Å². The summed E-state index contributed by atoms with van der Waals surface area (Å²) >= 11 is 0. The predicted molar refractivity (Wildman–Crippen MR) is 119 cm³/mol. The van der Waals surface area contributed by atoms with Gasteiger partial charge in [0, 0.05) is 44.2 Å². The molecule has 2 aliphatic heterocycles. The van der Waals surface area contributed by atoms with Crippen molar-refractivity contribution in [2.45, 2.75) is 62.4 Å². The molecule has 0 N–H and O–H groups in total. The molecule has 172 valence electrons. The van der Waals surface area contributed by atoms with Crippen LogP contribution in [0.15, 0.2) is 29.2 Å². The molecule has 7 nitrogen and oxygen atoms in total. The monoisotopic (exact) mass is 449 g/mol. The van der Waals surface area contributed by atoms with Crippen molar-refractivity contribution in [2.24, 2.45) is 5.92 Å². The van der Waals surface area contributed by atoms with Crippen LogP contribution in [0, 0.1) is 5.92 Å². The second kappa shape index (κ2) is 9.46. The number of rotatable bonds is 7. The molecule has 1 aromatic rings. The molecule has 0 aromatic heterocycles. The zero-order valence-corrected chi connectivity index (χ0v) is 19.5. The molecule has 8 heteroatoms. The minimum absolute atomic E-state index is 0.0628. The number of methoxy groups -OCH3 is 1. The summed E-state index contributed by atoms with van der Waals surface area (Å²) in [5.74, 6) is 0.833. The number of sulfonamides is 1. The normalized spacial score (nSPS) is 22.4. The third-order valence-corrected chi connectivity index (χ3v) is 9.01. The summed E-state index contributed by atoms with van der Waals surface area (Å²) in [6, 6.07) is 7.27. The lowest BCUT2D eigenvalue weighted by atomic mass is 9.94. The van der Waals surface area contributed by atoms with Crippen molar-refractivity contribution in [1.82, 2.24) is 14.1 Å². The van der Waals surface area contributed by atoms with Gasteiger partial charge in [-0.05, 0) is 69.3 Å². The summed E-state index contributed by atoms with van der Waals surface area (Å²) in [7, 11) is -1.98. The maximum Gasteiger partial charge on any atom is 0.243 e. The van der Waals surface area contributed by atoms with Crippen molar-refractivity contribution in [1.29, 1.82) is 0 Å². The third kappa shape index (κ3) is 4.91. The number of ether oxygens (including phenoxy) is 1. The Morgan fingerprint density at radius 3 is 2.06 bits per heavy atom. The van der Waals surface area contributed by atoms with E-state index in [1.807, 2.05) is 0 Å². The molecule has 2 saturated heterocycles. The van der Waals surface area contributed by atoms with Gasteiger partial charge in [-0.15, -0.1) is 0 Å². The van der Waals surface area contributed by atoms with E-state index in [2.05, 4.69) is 16.7 Å². The first-order chi connectivity index (χ1) is 14.9. The molecule has 0 radical (unpaired) electrons. The molecular weight excluding hydrogens is 414 g/mol. The van der Waals surface area contributed by atoms with Gasteiger partial charge in [-0.2, -0.15) is 4.31 Å². The van der Waals surface area contributed by atoms with E-state index in [0.29, 0.717) is 43.8 Å². The fourth-order valence-corrected chi connectivity index (χ4v) is 6.44. The number of hydrogen-bond donors (Lipinski definition) is 0. The lowest BCUT2D eigenvalue weighted by Gasteiger charge is -2.41. The summed E-state index contributed by atoms with van der Waals surface area (Å²) in [5, 5.41) is 0. The van der Waals surface area contributed by atoms with Gasteiger partial charge in [-0.25, -0.2) is 8.42 Å². The van der Waals surface area contributed by atoms with E-state index in [9.17, 15) is 13.2 Å². The molecule has 1 aliphatic carbocycles. The molecule has 0 atom stereocenters. The molecule has 3 aliphatic rings. The molecule has 4 rings (SSSR count). The maximum absolute atomic E-state index is 13.5. The molecule has 1 saturated carbocycles. The predicted octanol–water partition coefficient (Wildman–Crippen LogP) is 2.57. The zero-order valence-electron chi connectivity index (χ0n) is 18.7. The quantitative estimate of drug-likeness (QED) is 0.640. The number of piperidine rings is 2. The SMILES string of the molecule is CCN1CCC(N(C(=O)C2CCN(S(=O)(=O)c3ccc(OC)cc3)CC2)C2CC2)CC1. The molecule has 0 bridgehead atoms. The smallest absolute Gasteiger partial charge is 0.243 e. The van der Waals surface area contributed by atoms with Crippen molar-refractivity contribution in [3.8, 4) is 5.75 Å². The highest BCUT2D eigenvalue weighted by molar-refractivity contribution is 7.89. The first-order valence-electron chi connectivity index (χ1n) is 11.6. The van der Waals surface area contributed by atoms with Crippen LogP contribution in [0.5, 0.6) is 5.75 Å². The zero-order chi connectivity index (χ0) is 22.0. The number of benzene rings is 1. The second-order valence-electron chi connectivity index (χ2n) is 9.00. The van der Waals surface area contributed by atoms with Gasteiger partial charge in [0.2, 0.25) is 15.9 Å².